The van der Waals surface area contributed by atoms with E-state index in [2.05, 4.69) is 31.4 Å². The monoisotopic (exact) mass is 332 g/mol. The third-order valence-corrected chi connectivity index (χ3v) is 5.61. The van der Waals surface area contributed by atoms with Crippen molar-refractivity contribution in [1.82, 2.24) is 10.6 Å². The molecule has 1 aliphatic heterocycles. The summed E-state index contributed by atoms with van der Waals surface area (Å²) >= 11 is 0. The van der Waals surface area contributed by atoms with Gasteiger partial charge in [-0.15, -0.1) is 0 Å². The second-order valence-electron chi connectivity index (χ2n) is 7.36. The molecule has 1 saturated heterocycles. The Morgan fingerprint density at radius 1 is 1.42 bits per heavy atom. The lowest BCUT2D eigenvalue weighted by molar-refractivity contribution is -0.108. The minimum atomic E-state index is -0.115. The third kappa shape index (κ3) is 2.86. The molecule has 0 bridgehead atoms. The fraction of sp³-hybridized carbons (Fsp3) is 0.632. The van der Waals surface area contributed by atoms with E-state index in [9.17, 15) is 4.79 Å². The van der Waals surface area contributed by atoms with Crippen molar-refractivity contribution in [1.29, 1.82) is 0 Å². The van der Waals surface area contributed by atoms with Crippen molar-refractivity contribution < 1.29 is 14.3 Å². The van der Waals surface area contributed by atoms with E-state index in [1.54, 1.807) is 7.11 Å². The molecule has 2 N–H and O–H groups in total. The first-order chi connectivity index (χ1) is 11.5. The van der Waals surface area contributed by atoms with E-state index in [1.165, 1.54) is 0 Å². The molecule has 4 unspecified atom stereocenters. The molecule has 132 valence electrons. The number of benzene rings is 1. The summed E-state index contributed by atoms with van der Waals surface area (Å²) in [4.78, 5) is 12.6. The zero-order valence-corrected chi connectivity index (χ0v) is 15.0. The van der Waals surface area contributed by atoms with Gasteiger partial charge in [-0.1, -0.05) is 39.0 Å². The number of amides is 2. The predicted octanol–water partition coefficient (Wildman–Crippen LogP) is 3.26. The Hall–Kier alpha value is -1.75. The van der Waals surface area contributed by atoms with Gasteiger partial charge in [0.25, 0.3) is 0 Å². The molecule has 1 aromatic carbocycles. The second-order valence-corrected chi connectivity index (χ2v) is 7.36. The number of ether oxygens (including phenoxy) is 2. The van der Waals surface area contributed by atoms with E-state index in [-0.39, 0.29) is 29.6 Å². The molecule has 1 saturated carbocycles. The summed E-state index contributed by atoms with van der Waals surface area (Å²) in [5.74, 6) is 1.25. The van der Waals surface area contributed by atoms with Crippen molar-refractivity contribution >= 4 is 6.03 Å². The molecule has 0 aromatic heterocycles. The second kappa shape index (κ2) is 6.63. The van der Waals surface area contributed by atoms with Crippen molar-refractivity contribution in [2.24, 2.45) is 11.3 Å². The van der Waals surface area contributed by atoms with Gasteiger partial charge in [0.1, 0.15) is 5.75 Å². The Kier molecular flexibility index (Phi) is 4.72. The maximum Gasteiger partial charge on any atom is 0.315 e. The fourth-order valence-corrected chi connectivity index (χ4v) is 4.31. The number of hydrogen-bond acceptors (Lipinski definition) is 3. The molecule has 3 rings (SSSR count). The van der Waals surface area contributed by atoms with Gasteiger partial charge >= 0.3 is 6.03 Å². The number of carbonyl (C=O) groups excluding carboxylic acids is 1. The normalized spacial score (nSPS) is 28.4. The van der Waals surface area contributed by atoms with Crippen LogP contribution in [0.4, 0.5) is 4.79 Å². The number of methoxy groups -OCH3 is 1. The van der Waals surface area contributed by atoms with Crippen LogP contribution in [0.15, 0.2) is 24.3 Å². The van der Waals surface area contributed by atoms with Crippen LogP contribution in [0.1, 0.15) is 45.2 Å². The maximum absolute atomic E-state index is 12.6. The summed E-state index contributed by atoms with van der Waals surface area (Å²) in [5, 5.41) is 6.28. The zero-order chi connectivity index (χ0) is 17.3. The lowest BCUT2D eigenvalue weighted by Gasteiger charge is -2.54. The number of para-hydroxylation sites is 1. The van der Waals surface area contributed by atoms with Crippen LogP contribution in [0.25, 0.3) is 0 Å². The molecule has 1 aromatic rings. The van der Waals surface area contributed by atoms with Crippen molar-refractivity contribution in [2.45, 2.75) is 51.8 Å². The Bertz CT molecular complexity index is 602. The van der Waals surface area contributed by atoms with Crippen LogP contribution in [0.2, 0.25) is 0 Å². The molecule has 5 nitrogen and oxygen atoms in total. The van der Waals surface area contributed by atoms with E-state index in [0.717, 1.165) is 30.8 Å². The number of rotatable bonds is 5. The first-order valence-corrected chi connectivity index (χ1v) is 8.80. The molecule has 1 aliphatic carbocycles. The molecular formula is C19H28N2O3. The van der Waals surface area contributed by atoms with Gasteiger partial charge < -0.3 is 20.1 Å². The maximum atomic E-state index is 12.6. The average molecular weight is 332 g/mol. The van der Waals surface area contributed by atoms with Crippen LogP contribution in [-0.4, -0.2) is 31.9 Å². The lowest BCUT2D eigenvalue weighted by atomic mass is 9.57. The van der Waals surface area contributed by atoms with Gasteiger partial charge in [0.2, 0.25) is 0 Å². The van der Waals surface area contributed by atoms with Crippen molar-refractivity contribution in [2.75, 3.05) is 13.7 Å². The van der Waals surface area contributed by atoms with Gasteiger partial charge in [0, 0.05) is 29.5 Å². The predicted molar refractivity (Wildman–Crippen MR) is 93.1 cm³/mol. The molecule has 2 amide bonds. The molecule has 4 atom stereocenters. The number of carbonyl (C=O) groups is 1. The van der Waals surface area contributed by atoms with Crippen molar-refractivity contribution in [3.8, 4) is 5.75 Å². The standard InChI is InChI=1S/C19H28N2O3/c1-5-14(12-8-6-7-9-15(12)23-4)20-18(22)21-16-13-10-11-24-17(13)19(16,2)3/h6-9,13-14,16-17H,5,10-11H2,1-4H3,(H2,20,21,22). The number of hydrogen-bond donors (Lipinski definition) is 2. The van der Waals surface area contributed by atoms with Gasteiger partial charge in [-0.2, -0.15) is 0 Å². The third-order valence-electron chi connectivity index (χ3n) is 5.61. The average Bonchev–Trinajstić information content (AvgIpc) is 3.05. The minimum absolute atomic E-state index is 0.00927. The summed E-state index contributed by atoms with van der Waals surface area (Å²) in [6, 6.07) is 7.81. The molecule has 24 heavy (non-hydrogen) atoms. The topological polar surface area (TPSA) is 59.6 Å². The fourth-order valence-electron chi connectivity index (χ4n) is 4.31. The van der Waals surface area contributed by atoms with Crippen molar-refractivity contribution in [3.05, 3.63) is 29.8 Å². The van der Waals surface area contributed by atoms with E-state index in [4.69, 9.17) is 9.47 Å². The van der Waals surface area contributed by atoms with Crippen LogP contribution in [0, 0.1) is 11.3 Å². The smallest absolute Gasteiger partial charge is 0.315 e. The molecule has 1 heterocycles. The van der Waals surface area contributed by atoms with Crippen LogP contribution in [0.5, 0.6) is 5.75 Å². The van der Waals surface area contributed by atoms with Crippen LogP contribution < -0.4 is 15.4 Å². The first kappa shape index (κ1) is 17.1. The number of urea groups is 1. The Labute approximate surface area is 144 Å². The minimum Gasteiger partial charge on any atom is -0.496 e. The van der Waals surface area contributed by atoms with E-state index in [0.29, 0.717) is 5.92 Å². The Morgan fingerprint density at radius 3 is 2.88 bits per heavy atom. The molecule has 5 heteroatoms. The summed E-state index contributed by atoms with van der Waals surface area (Å²) in [6.07, 6.45) is 2.11. The highest BCUT2D eigenvalue weighted by atomic mass is 16.5. The van der Waals surface area contributed by atoms with Gasteiger partial charge in [-0.25, -0.2) is 4.79 Å². The summed E-state index contributed by atoms with van der Waals surface area (Å²) < 4.78 is 11.2. The molecule has 2 fully saturated rings. The van der Waals surface area contributed by atoms with Gasteiger partial charge in [-0.05, 0) is 18.9 Å². The number of fused-ring (bicyclic) bond motifs is 1. The van der Waals surface area contributed by atoms with Crippen LogP contribution in [0.3, 0.4) is 0 Å². The van der Waals surface area contributed by atoms with Gasteiger partial charge in [0.05, 0.1) is 19.3 Å². The molecular weight excluding hydrogens is 304 g/mol. The van der Waals surface area contributed by atoms with Crippen molar-refractivity contribution in [3.63, 3.8) is 0 Å². The molecule has 0 spiro atoms. The van der Waals surface area contributed by atoms with E-state index >= 15 is 0 Å². The van der Waals surface area contributed by atoms with Crippen LogP contribution >= 0.6 is 0 Å². The number of nitrogens with one attached hydrogen (secondary N) is 2. The van der Waals surface area contributed by atoms with E-state index in [1.807, 2.05) is 24.3 Å². The quantitative estimate of drug-likeness (QED) is 0.870. The summed E-state index contributed by atoms with van der Waals surface area (Å²) in [6.45, 7) is 7.20. The highest BCUT2D eigenvalue weighted by Gasteiger charge is 2.59. The lowest BCUT2D eigenvalue weighted by Crippen LogP contribution is -2.67. The molecule has 0 radical (unpaired) electrons. The Balaban J connectivity index is 1.65. The van der Waals surface area contributed by atoms with E-state index < -0.39 is 0 Å². The zero-order valence-electron chi connectivity index (χ0n) is 15.0. The first-order valence-electron chi connectivity index (χ1n) is 8.80. The SMILES string of the molecule is CCC(NC(=O)NC1C2CCOC2C1(C)C)c1ccccc1OC. The highest BCUT2D eigenvalue weighted by molar-refractivity contribution is 5.75. The highest BCUT2D eigenvalue weighted by Crippen LogP contribution is 2.52. The summed E-state index contributed by atoms with van der Waals surface area (Å²) in [5.41, 5.74) is 0.998. The van der Waals surface area contributed by atoms with Crippen LogP contribution in [-0.2, 0) is 4.74 Å². The van der Waals surface area contributed by atoms with Gasteiger partial charge in [0.15, 0.2) is 0 Å². The largest absolute Gasteiger partial charge is 0.496 e. The van der Waals surface area contributed by atoms with Gasteiger partial charge in [-0.3, -0.25) is 0 Å². The summed E-state index contributed by atoms with van der Waals surface area (Å²) in [7, 11) is 1.66. The molecule has 2 aliphatic rings. The Morgan fingerprint density at radius 2 is 2.17 bits per heavy atom.